The van der Waals surface area contributed by atoms with Crippen molar-refractivity contribution in [2.24, 2.45) is 0 Å². The van der Waals surface area contributed by atoms with E-state index in [4.69, 9.17) is 10.5 Å². The Morgan fingerprint density at radius 2 is 2.00 bits per heavy atom. The van der Waals surface area contributed by atoms with Crippen LogP contribution in [0.25, 0.3) is 0 Å². The Morgan fingerprint density at radius 3 is 2.55 bits per heavy atom. The third-order valence-electron chi connectivity index (χ3n) is 1.26. The fraction of sp³-hybridized carbons (Fsp3) is 0.250. The quantitative estimate of drug-likeness (QED) is 0.498. The molecule has 3 N–H and O–H groups in total. The molecule has 60 valence electrons. The first kappa shape index (κ1) is 7.88. The second kappa shape index (κ2) is 3.83. The molecule has 1 aromatic rings. The molecular formula is C8H12N2O. The monoisotopic (exact) mass is 152 g/mol. The minimum atomic E-state index is 0.518. The number of nitrogens with one attached hydrogen (secondary N) is 1. The number of ether oxygens (including phenoxy) is 1. The number of hydrogen-bond acceptors (Lipinski definition) is 3. The van der Waals surface area contributed by atoms with Crippen LogP contribution in [-0.4, -0.2) is 13.8 Å². The van der Waals surface area contributed by atoms with Crippen LogP contribution in [0.3, 0.4) is 0 Å². The third-order valence-corrected chi connectivity index (χ3v) is 1.26. The lowest BCUT2D eigenvalue weighted by Gasteiger charge is -2.03. The zero-order valence-electron chi connectivity index (χ0n) is 6.50. The van der Waals surface area contributed by atoms with Crippen LogP contribution in [0.15, 0.2) is 24.3 Å². The van der Waals surface area contributed by atoms with Crippen molar-refractivity contribution in [1.29, 1.82) is 0 Å². The maximum atomic E-state index is 5.48. The van der Waals surface area contributed by atoms with Gasteiger partial charge in [-0.25, -0.2) is 0 Å². The van der Waals surface area contributed by atoms with Crippen LogP contribution in [0, 0.1) is 0 Å². The summed E-state index contributed by atoms with van der Waals surface area (Å²) in [6.45, 7) is 0.518. The molecule has 0 saturated carbocycles. The summed E-state index contributed by atoms with van der Waals surface area (Å²) < 4.78 is 5.24. The molecule has 0 aromatic heterocycles. The average Bonchev–Trinajstić information content (AvgIpc) is 2.04. The topological polar surface area (TPSA) is 47.3 Å². The molecule has 11 heavy (non-hydrogen) atoms. The van der Waals surface area contributed by atoms with Crippen LogP contribution in [0.4, 0.5) is 5.69 Å². The van der Waals surface area contributed by atoms with E-state index in [1.165, 1.54) is 0 Å². The summed E-state index contributed by atoms with van der Waals surface area (Å²) in [6.07, 6.45) is 0. The number of nitrogens with two attached hydrogens (primary N) is 1. The van der Waals surface area contributed by atoms with E-state index in [-0.39, 0.29) is 0 Å². The molecule has 0 heterocycles. The van der Waals surface area contributed by atoms with E-state index in [1.807, 2.05) is 31.3 Å². The van der Waals surface area contributed by atoms with Crippen LogP contribution in [0.5, 0.6) is 5.75 Å². The normalized spacial score (nSPS) is 9.55. The standard InChI is InChI=1S/C8H12N2O/c1-10-6-11-8-4-2-7(9)3-5-8/h2-5,10H,6,9H2,1H3. The van der Waals surface area contributed by atoms with Gasteiger partial charge in [0.05, 0.1) is 0 Å². The highest BCUT2D eigenvalue weighted by Crippen LogP contribution is 2.12. The number of hydrogen-bond donors (Lipinski definition) is 2. The van der Waals surface area contributed by atoms with E-state index in [0.29, 0.717) is 6.73 Å². The first-order valence-electron chi connectivity index (χ1n) is 3.46. The van der Waals surface area contributed by atoms with Crippen molar-refractivity contribution in [2.75, 3.05) is 19.5 Å². The molecule has 0 saturated heterocycles. The molecule has 0 aliphatic rings. The van der Waals surface area contributed by atoms with Gasteiger partial charge in [0.25, 0.3) is 0 Å². The lowest BCUT2D eigenvalue weighted by molar-refractivity contribution is 0.296. The maximum Gasteiger partial charge on any atom is 0.139 e. The predicted molar refractivity (Wildman–Crippen MR) is 45.4 cm³/mol. The van der Waals surface area contributed by atoms with Crippen LogP contribution < -0.4 is 15.8 Å². The molecular weight excluding hydrogens is 140 g/mol. The van der Waals surface area contributed by atoms with Gasteiger partial charge in [-0.1, -0.05) is 0 Å². The Labute approximate surface area is 66.2 Å². The molecule has 0 unspecified atom stereocenters. The Hall–Kier alpha value is -1.22. The average molecular weight is 152 g/mol. The minimum absolute atomic E-state index is 0.518. The van der Waals surface area contributed by atoms with Crippen LogP contribution in [0.2, 0.25) is 0 Å². The molecule has 0 atom stereocenters. The highest BCUT2D eigenvalue weighted by atomic mass is 16.5. The summed E-state index contributed by atoms with van der Waals surface area (Å²) in [5, 5.41) is 2.88. The lowest BCUT2D eigenvalue weighted by atomic mass is 10.3. The second-order valence-corrected chi connectivity index (χ2v) is 2.21. The van der Waals surface area contributed by atoms with E-state index in [1.54, 1.807) is 0 Å². The highest BCUT2D eigenvalue weighted by Gasteiger charge is 1.89. The minimum Gasteiger partial charge on any atom is -0.478 e. The summed E-state index contributed by atoms with van der Waals surface area (Å²) in [7, 11) is 1.83. The molecule has 3 nitrogen and oxygen atoms in total. The molecule has 1 rings (SSSR count). The van der Waals surface area contributed by atoms with Gasteiger partial charge in [0.15, 0.2) is 0 Å². The van der Waals surface area contributed by atoms with Crippen LogP contribution >= 0.6 is 0 Å². The van der Waals surface area contributed by atoms with Gasteiger partial charge in [0.1, 0.15) is 12.5 Å². The lowest BCUT2D eigenvalue weighted by Crippen LogP contribution is -2.13. The van der Waals surface area contributed by atoms with E-state index >= 15 is 0 Å². The molecule has 0 aliphatic heterocycles. The SMILES string of the molecule is CNCOc1ccc(N)cc1. The van der Waals surface area contributed by atoms with Gasteiger partial charge in [-0.2, -0.15) is 0 Å². The maximum absolute atomic E-state index is 5.48. The van der Waals surface area contributed by atoms with Gasteiger partial charge >= 0.3 is 0 Å². The van der Waals surface area contributed by atoms with E-state index in [0.717, 1.165) is 11.4 Å². The Bertz CT molecular complexity index is 208. The summed E-state index contributed by atoms with van der Waals surface area (Å²) >= 11 is 0. The zero-order chi connectivity index (χ0) is 8.10. The molecule has 0 bridgehead atoms. The van der Waals surface area contributed by atoms with Crippen molar-refractivity contribution < 1.29 is 4.74 Å². The molecule has 0 amide bonds. The molecule has 1 aromatic carbocycles. The largest absolute Gasteiger partial charge is 0.478 e. The van der Waals surface area contributed by atoms with Crippen molar-refractivity contribution in [3.63, 3.8) is 0 Å². The first-order valence-corrected chi connectivity index (χ1v) is 3.46. The van der Waals surface area contributed by atoms with Gasteiger partial charge < -0.3 is 10.5 Å². The number of nitrogen functional groups attached to an aromatic ring is 1. The fourth-order valence-corrected chi connectivity index (χ4v) is 0.720. The van der Waals surface area contributed by atoms with E-state index in [2.05, 4.69) is 5.32 Å². The van der Waals surface area contributed by atoms with E-state index in [9.17, 15) is 0 Å². The molecule has 0 spiro atoms. The van der Waals surface area contributed by atoms with Crippen LogP contribution in [0.1, 0.15) is 0 Å². The van der Waals surface area contributed by atoms with Gasteiger partial charge in [-0.05, 0) is 31.3 Å². The fourth-order valence-electron chi connectivity index (χ4n) is 0.720. The Kier molecular flexibility index (Phi) is 2.74. The highest BCUT2D eigenvalue weighted by molar-refractivity contribution is 5.41. The Balaban J connectivity index is 2.52. The first-order chi connectivity index (χ1) is 5.33. The summed E-state index contributed by atoms with van der Waals surface area (Å²) in [5.41, 5.74) is 6.24. The van der Waals surface area contributed by atoms with Gasteiger partial charge in [-0.3, -0.25) is 5.32 Å². The third kappa shape index (κ3) is 2.47. The van der Waals surface area contributed by atoms with Crippen molar-refractivity contribution in [3.8, 4) is 5.75 Å². The smallest absolute Gasteiger partial charge is 0.139 e. The van der Waals surface area contributed by atoms with Crippen molar-refractivity contribution in [2.45, 2.75) is 0 Å². The molecule has 0 aliphatic carbocycles. The summed E-state index contributed by atoms with van der Waals surface area (Å²) in [4.78, 5) is 0. The number of benzene rings is 1. The summed E-state index contributed by atoms with van der Waals surface area (Å²) in [5.74, 6) is 0.827. The van der Waals surface area contributed by atoms with E-state index < -0.39 is 0 Å². The number of anilines is 1. The van der Waals surface area contributed by atoms with Crippen molar-refractivity contribution in [3.05, 3.63) is 24.3 Å². The van der Waals surface area contributed by atoms with Crippen molar-refractivity contribution in [1.82, 2.24) is 5.32 Å². The predicted octanol–water partition coefficient (Wildman–Crippen LogP) is 0.825. The van der Waals surface area contributed by atoms with Crippen molar-refractivity contribution >= 4 is 5.69 Å². The second-order valence-electron chi connectivity index (χ2n) is 2.21. The Morgan fingerprint density at radius 1 is 1.36 bits per heavy atom. The zero-order valence-corrected chi connectivity index (χ0v) is 6.50. The van der Waals surface area contributed by atoms with Gasteiger partial charge in [-0.15, -0.1) is 0 Å². The van der Waals surface area contributed by atoms with Gasteiger partial charge in [0, 0.05) is 5.69 Å². The molecule has 0 fully saturated rings. The molecule has 0 radical (unpaired) electrons. The number of rotatable bonds is 3. The van der Waals surface area contributed by atoms with Gasteiger partial charge in [0.2, 0.25) is 0 Å². The summed E-state index contributed by atoms with van der Waals surface area (Å²) in [6, 6.07) is 7.30. The van der Waals surface area contributed by atoms with Crippen LogP contribution in [-0.2, 0) is 0 Å². The molecule has 3 heteroatoms.